The number of pyridine rings is 4. The van der Waals surface area contributed by atoms with Gasteiger partial charge in [0.2, 0.25) is 23.4 Å². The van der Waals surface area contributed by atoms with Crippen LogP contribution >= 0.6 is 0 Å². The topological polar surface area (TPSA) is 263 Å². The van der Waals surface area contributed by atoms with E-state index >= 15 is 0 Å². The monoisotopic (exact) mass is 754 g/mol. The van der Waals surface area contributed by atoms with Crippen molar-refractivity contribution in [3.8, 4) is 0 Å². The standard InChI is InChI=1S/C30H24N4O10.C6H6N2O3/c35-26(19-5-1-9-31-13-19)40-17-23-24(42-28(37)21-7-3-11-33-15-21)25(43-29(38)22-8-4-12-34-16-22)30(39,44-23)18-41-27(36)20-6-2-10-32-14-20;1-4-2-7-5(6(9)10)3-8(4)11/h1-16,23-25,39H,17-18H2;2-3H,1H3,(H,9,10)/t23-,24-,25+,30-;/m1./s1. The second-order valence-corrected chi connectivity index (χ2v) is 11.4. The second kappa shape index (κ2) is 18.0. The lowest BCUT2D eigenvalue weighted by molar-refractivity contribution is -0.613. The maximum absolute atomic E-state index is 13.1. The van der Waals surface area contributed by atoms with Crippen LogP contribution in [0.3, 0.4) is 0 Å². The molecule has 0 aromatic carbocycles. The number of aliphatic hydroxyl groups is 1. The van der Waals surface area contributed by atoms with Crippen molar-refractivity contribution < 1.29 is 62.6 Å². The minimum Gasteiger partial charge on any atom is -0.618 e. The van der Waals surface area contributed by atoms with Crippen molar-refractivity contribution >= 4 is 29.8 Å². The van der Waals surface area contributed by atoms with E-state index in [1.54, 1.807) is 6.92 Å². The smallest absolute Gasteiger partial charge is 0.360 e. The predicted octanol–water partition coefficient (Wildman–Crippen LogP) is 1.54. The van der Waals surface area contributed by atoms with Gasteiger partial charge in [-0.25, -0.2) is 29.0 Å². The number of aryl methyl sites for hydroxylation is 1. The molecule has 4 atom stereocenters. The summed E-state index contributed by atoms with van der Waals surface area (Å²) in [6, 6.07) is 11.8. The van der Waals surface area contributed by atoms with Crippen LogP contribution in [0.4, 0.5) is 0 Å². The molecule has 0 spiro atoms. The molecule has 2 N–H and O–H groups in total. The number of nitrogens with zero attached hydrogens (tertiary/aromatic N) is 6. The summed E-state index contributed by atoms with van der Waals surface area (Å²) in [5.41, 5.74) is 0.357. The molecule has 282 valence electrons. The van der Waals surface area contributed by atoms with E-state index < -0.39 is 67.2 Å². The fraction of sp³-hybridized carbons (Fsp3) is 0.194. The third-order valence-corrected chi connectivity index (χ3v) is 7.52. The molecule has 0 aliphatic carbocycles. The van der Waals surface area contributed by atoms with Gasteiger partial charge in [-0.2, -0.15) is 4.73 Å². The molecule has 19 heteroatoms. The number of esters is 4. The lowest BCUT2D eigenvalue weighted by atomic mass is 10.0. The summed E-state index contributed by atoms with van der Waals surface area (Å²) in [6.45, 7) is 0.101. The maximum atomic E-state index is 13.1. The predicted molar refractivity (Wildman–Crippen MR) is 181 cm³/mol. The van der Waals surface area contributed by atoms with Crippen LogP contribution in [0, 0.1) is 12.1 Å². The number of carbonyl (C=O) groups excluding carboxylic acids is 4. The summed E-state index contributed by atoms with van der Waals surface area (Å²) in [5, 5.41) is 30.8. The van der Waals surface area contributed by atoms with Crippen LogP contribution in [-0.2, 0) is 23.7 Å². The van der Waals surface area contributed by atoms with Crippen LogP contribution in [0.25, 0.3) is 0 Å². The van der Waals surface area contributed by atoms with Crippen LogP contribution < -0.4 is 4.73 Å². The quantitative estimate of drug-likeness (QED) is 0.0838. The fourth-order valence-corrected chi connectivity index (χ4v) is 4.77. The average Bonchev–Trinajstić information content (AvgIpc) is 3.47. The molecule has 1 aliphatic heterocycles. The number of rotatable bonds is 11. The van der Waals surface area contributed by atoms with Crippen molar-refractivity contribution in [3.63, 3.8) is 0 Å². The van der Waals surface area contributed by atoms with E-state index in [2.05, 4.69) is 24.9 Å². The summed E-state index contributed by atoms with van der Waals surface area (Å²) >= 11 is 0. The molecule has 5 aromatic rings. The van der Waals surface area contributed by atoms with Crippen molar-refractivity contribution in [3.05, 3.63) is 149 Å². The van der Waals surface area contributed by atoms with E-state index in [9.17, 15) is 34.3 Å². The first kappa shape index (κ1) is 39.0. The molecule has 0 bridgehead atoms. The Hall–Kier alpha value is -7.25. The van der Waals surface area contributed by atoms with Gasteiger partial charge < -0.3 is 39.1 Å². The molecule has 1 fully saturated rings. The van der Waals surface area contributed by atoms with Crippen LogP contribution in [0.1, 0.15) is 57.6 Å². The summed E-state index contributed by atoms with van der Waals surface area (Å²) in [4.78, 5) is 80.9. The lowest BCUT2D eigenvalue weighted by Crippen LogP contribution is -2.51. The molecular weight excluding hydrogens is 724 g/mol. The Morgan fingerprint density at radius 3 is 1.67 bits per heavy atom. The normalized spacial score (nSPS) is 18.5. The molecule has 1 saturated heterocycles. The van der Waals surface area contributed by atoms with Crippen molar-refractivity contribution in [2.24, 2.45) is 0 Å². The zero-order valence-electron chi connectivity index (χ0n) is 28.6. The van der Waals surface area contributed by atoms with Crippen LogP contribution in [0.2, 0.25) is 0 Å². The van der Waals surface area contributed by atoms with E-state index in [4.69, 9.17) is 28.8 Å². The zero-order valence-corrected chi connectivity index (χ0v) is 28.6. The van der Waals surface area contributed by atoms with Crippen molar-refractivity contribution in [2.45, 2.75) is 31.0 Å². The Balaban J connectivity index is 0.000000454. The van der Waals surface area contributed by atoms with Gasteiger partial charge in [0.1, 0.15) is 19.3 Å². The molecule has 5 aromatic heterocycles. The number of aromatic nitrogens is 6. The van der Waals surface area contributed by atoms with Crippen LogP contribution in [0.15, 0.2) is 110 Å². The summed E-state index contributed by atoms with van der Waals surface area (Å²) in [6.07, 6.45) is 8.22. The van der Waals surface area contributed by atoms with E-state index in [1.165, 1.54) is 104 Å². The molecule has 0 radical (unpaired) electrons. The van der Waals surface area contributed by atoms with Gasteiger partial charge in [0, 0.05) is 56.5 Å². The number of carboxylic acids is 1. The Morgan fingerprint density at radius 2 is 1.22 bits per heavy atom. The number of carbonyl (C=O) groups is 5. The highest BCUT2D eigenvalue weighted by Crippen LogP contribution is 2.36. The van der Waals surface area contributed by atoms with Crippen molar-refractivity contribution in [1.29, 1.82) is 0 Å². The Labute approximate surface area is 310 Å². The Kier molecular flexibility index (Phi) is 12.7. The fourth-order valence-electron chi connectivity index (χ4n) is 4.77. The number of aromatic carboxylic acids is 1. The van der Waals surface area contributed by atoms with Crippen molar-refractivity contribution in [2.75, 3.05) is 13.2 Å². The highest BCUT2D eigenvalue weighted by atomic mass is 16.7. The molecule has 0 unspecified atom stereocenters. The van der Waals surface area contributed by atoms with Crippen molar-refractivity contribution in [1.82, 2.24) is 24.9 Å². The van der Waals surface area contributed by atoms with Crippen LogP contribution in [0.5, 0.6) is 0 Å². The van der Waals surface area contributed by atoms with E-state index in [1.807, 2.05) is 0 Å². The van der Waals surface area contributed by atoms with Gasteiger partial charge in [0.05, 0.1) is 28.5 Å². The molecule has 6 heterocycles. The maximum Gasteiger partial charge on any atom is 0.360 e. The SMILES string of the molecule is Cc1cnc(C(=O)O)c[n+]1[O-].O=C(OC[C@H]1O[C@](O)(COC(=O)c2cccnc2)[C@@H](OC(=O)c2cccnc2)[C@@H]1OC(=O)c1cccnc1)c1cccnc1. The number of hydrogen-bond acceptors (Lipinski definition) is 17. The summed E-state index contributed by atoms with van der Waals surface area (Å²) in [7, 11) is 0. The van der Waals surface area contributed by atoms with Gasteiger partial charge in [0.25, 0.3) is 0 Å². The molecule has 55 heavy (non-hydrogen) atoms. The minimum atomic E-state index is -2.57. The second-order valence-electron chi connectivity index (χ2n) is 11.4. The molecule has 19 nitrogen and oxygen atoms in total. The lowest BCUT2D eigenvalue weighted by Gasteiger charge is -2.29. The molecule has 0 saturated carbocycles. The molecular formula is C36H30N6O13. The first-order valence-corrected chi connectivity index (χ1v) is 16.0. The Morgan fingerprint density at radius 1 is 0.745 bits per heavy atom. The first-order chi connectivity index (χ1) is 26.4. The minimum absolute atomic E-state index is 0.00555. The third kappa shape index (κ3) is 10.2. The first-order valence-electron chi connectivity index (χ1n) is 16.0. The zero-order chi connectivity index (χ0) is 39.4. The number of carboxylic acid groups (broad SMARTS) is 1. The van der Waals surface area contributed by atoms with Gasteiger partial charge in [0.15, 0.2) is 12.2 Å². The Bertz CT molecular complexity index is 2110. The third-order valence-electron chi connectivity index (χ3n) is 7.52. The average molecular weight is 755 g/mol. The number of hydrogen-bond donors (Lipinski definition) is 2. The summed E-state index contributed by atoms with van der Waals surface area (Å²) < 4.78 is 28.2. The van der Waals surface area contributed by atoms with Gasteiger partial charge in [-0.1, -0.05) is 0 Å². The van der Waals surface area contributed by atoms with E-state index in [-0.39, 0.29) is 27.9 Å². The van der Waals surface area contributed by atoms with E-state index in [0.717, 1.165) is 6.20 Å². The van der Waals surface area contributed by atoms with Gasteiger partial charge >= 0.3 is 29.8 Å². The highest BCUT2D eigenvalue weighted by Gasteiger charge is 2.60. The largest absolute Gasteiger partial charge is 0.618 e. The van der Waals surface area contributed by atoms with Gasteiger partial charge in [-0.05, 0) is 48.5 Å². The van der Waals surface area contributed by atoms with Crippen LogP contribution in [-0.4, -0.2) is 102 Å². The van der Waals surface area contributed by atoms with Gasteiger partial charge in [-0.3, -0.25) is 19.9 Å². The molecule has 1 aliphatic rings. The number of ether oxygens (including phenoxy) is 5. The highest BCUT2D eigenvalue weighted by molar-refractivity contribution is 5.91. The van der Waals surface area contributed by atoms with Gasteiger partial charge in [-0.15, -0.1) is 0 Å². The summed E-state index contributed by atoms with van der Waals surface area (Å²) in [5.74, 6) is -7.30. The molecule has 0 amide bonds. The van der Waals surface area contributed by atoms with E-state index in [0.29, 0.717) is 10.4 Å². The molecule has 6 rings (SSSR count).